The van der Waals surface area contributed by atoms with Crippen LogP contribution in [0.4, 0.5) is 0 Å². The van der Waals surface area contributed by atoms with Crippen LogP contribution in [0.3, 0.4) is 0 Å². The fourth-order valence-electron chi connectivity index (χ4n) is 3.92. The number of aromatic nitrogens is 2. The predicted octanol–water partition coefficient (Wildman–Crippen LogP) is 6.94. The highest BCUT2D eigenvalue weighted by atomic mass is 16.5. The zero-order chi connectivity index (χ0) is 22.5. The number of ether oxygens (including phenoxy) is 2. The van der Waals surface area contributed by atoms with Gasteiger partial charge < -0.3 is 14.0 Å². The highest BCUT2D eigenvalue weighted by Gasteiger charge is 2.13. The number of fused-ring (bicyclic) bond motifs is 1. The fraction of sp³-hybridized carbons (Fsp3) is 0.321. The molecule has 0 N–H and O–H groups in total. The van der Waals surface area contributed by atoms with Gasteiger partial charge in [-0.25, -0.2) is 4.98 Å². The van der Waals surface area contributed by atoms with Crippen LogP contribution in [0.15, 0.2) is 72.8 Å². The lowest BCUT2D eigenvalue weighted by atomic mass is 10.0. The van der Waals surface area contributed by atoms with Gasteiger partial charge >= 0.3 is 0 Å². The van der Waals surface area contributed by atoms with Crippen LogP contribution >= 0.6 is 0 Å². The van der Waals surface area contributed by atoms with E-state index >= 15 is 0 Å². The Balaban J connectivity index is 1.49. The Morgan fingerprint density at radius 2 is 1.50 bits per heavy atom. The van der Waals surface area contributed by atoms with Crippen molar-refractivity contribution in [2.75, 3.05) is 6.61 Å². The van der Waals surface area contributed by atoms with Crippen LogP contribution in [-0.4, -0.2) is 16.2 Å². The summed E-state index contributed by atoms with van der Waals surface area (Å²) in [6.07, 6.45) is 0. The molecule has 0 amide bonds. The van der Waals surface area contributed by atoms with Gasteiger partial charge in [0.25, 0.3) is 0 Å². The van der Waals surface area contributed by atoms with Crippen LogP contribution in [0, 0.1) is 0 Å². The molecule has 32 heavy (non-hydrogen) atoms. The summed E-state index contributed by atoms with van der Waals surface area (Å²) in [5.74, 6) is 3.64. The summed E-state index contributed by atoms with van der Waals surface area (Å²) in [6.45, 7) is 10.5. The van der Waals surface area contributed by atoms with Crippen LogP contribution in [0.5, 0.6) is 11.5 Å². The molecule has 4 rings (SSSR count). The van der Waals surface area contributed by atoms with E-state index in [4.69, 9.17) is 14.5 Å². The van der Waals surface area contributed by atoms with Crippen LogP contribution in [0.25, 0.3) is 11.0 Å². The summed E-state index contributed by atoms with van der Waals surface area (Å²) in [5.41, 5.74) is 4.62. The molecule has 0 atom stereocenters. The summed E-state index contributed by atoms with van der Waals surface area (Å²) < 4.78 is 14.5. The molecule has 0 aliphatic rings. The maximum atomic E-state index is 6.18. The lowest BCUT2D eigenvalue weighted by Crippen LogP contribution is -2.13. The number of nitrogens with zero attached hydrogens (tertiary/aromatic N) is 2. The van der Waals surface area contributed by atoms with Crippen molar-refractivity contribution >= 4 is 11.0 Å². The van der Waals surface area contributed by atoms with Crippen molar-refractivity contribution < 1.29 is 9.47 Å². The molecule has 0 radical (unpaired) electrons. The molecular weight excluding hydrogens is 396 g/mol. The third-order valence-electron chi connectivity index (χ3n) is 5.76. The molecule has 0 fully saturated rings. The van der Waals surface area contributed by atoms with Crippen molar-refractivity contribution in [1.29, 1.82) is 0 Å². The van der Waals surface area contributed by atoms with Crippen molar-refractivity contribution in [3.05, 3.63) is 89.7 Å². The van der Waals surface area contributed by atoms with Crippen LogP contribution in [0.2, 0.25) is 0 Å². The summed E-state index contributed by atoms with van der Waals surface area (Å²) in [7, 11) is 0. The Morgan fingerprint density at radius 3 is 2.25 bits per heavy atom. The molecule has 0 aliphatic heterocycles. The Bertz CT molecular complexity index is 1160. The van der Waals surface area contributed by atoms with E-state index in [0.717, 1.165) is 28.4 Å². The van der Waals surface area contributed by atoms with Crippen molar-refractivity contribution in [3.63, 3.8) is 0 Å². The highest BCUT2D eigenvalue weighted by molar-refractivity contribution is 5.75. The summed E-state index contributed by atoms with van der Waals surface area (Å²) >= 11 is 0. The molecule has 4 nitrogen and oxygen atoms in total. The predicted molar refractivity (Wildman–Crippen MR) is 131 cm³/mol. The summed E-state index contributed by atoms with van der Waals surface area (Å²) in [5, 5.41) is 0. The van der Waals surface area contributed by atoms with E-state index in [9.17, 15) is 0 Å². The minimum Gasteiger partial charge on any atom is -0.491 e. The zero-order valence-electron chi connectivity index (χ0n) is 19.4. The molecule has 0 bridgehead atoms. The van der Waals surface area contributed by atoms with Gasteiger partial charge in [-0.1, -0.05) is 70.2 Å². The third-order valence-corrected chi connectivity index (χ3v) is 5.76. The number of hydrogen-bond donors (Lipinski definition) is 0. The van der Waals surface area contributed by atoms with E-state index in [1.165, 1.54) is 11.1 Å². The molecule has 4 heteroatoms. The van der Waals surface area contributed by atoms with Crippen molar-refractivity contribution in [2.24, 2.45) is 0 Å². The molecule has 0 aliphatic carbocycles. The van der Waals surface area contributed by atoms with E-state index in [-0.39, 0.29) is 0 Å². The highest BCUT2D eigenvalue weighted by Crippen LogP contribution is 2.26. The standard InChI is InChI=1S/C28H32N2O2/c1-20(2)22-13-15-23(16-14-22)32-19-28-29-25-10-6-7-11-26(25)30(28)17-18-31-27-12-8-5-9-24(27)21(3)4/h5-16,20-21H,17-19H2,1-4H3. The normalized spacial score (nSPS) is 11.4. The van der Waals surface area contributed by atoms with Gasteiger partial charge in [0.05, 0.1) is 17.6 Å². The monoisotopic (exact) mass is 428 g/mol. The first-order valence-corrected chi connectivity index (χ1v) is 11.4. The number of imidazole rings is 1. The molecular formula is C28H32N2O2. The number of rotatable bonds is 9. The van der Waals surface area contributed by atoms with Gasteiger partial charge in [0.15, 0.2) is 0 Å². The quantitative estimate of drug-likeness (QED) is 0.290. The summed E-state index contributed by atoms with van der Waals surface area (Å²) in [6, 6.07) is 24.8. The summed E-state index contributed by atoms with van der Waals surface area (Å²) in [4.78, 5) is 4.83. The first-order valence-electron chi connectivity index (χ1n) is 11.4. The SMILES string of the molecule is CC(C)c1ccc(OCc2nc3ccccc3n2CCOc2ccccc2C(C)C)cc1. The molecule has 1 heterocycles. The van der Waals surface area contributed by atoms with Crippen LogP contribution in [0.1, 0.15) is 56.5 Å². The first kappa shape index (κ1) is 21.9. The molecule has 1 aromatic heterocycles. The molecule has 0 saturated heterocycles. The Kier molecular flexibility index (Phi) is 6.79. The van der Waals surface area contributed by atoms with Gasteiger partial charge in [-0.05, 0) is 53.3 Å². The molecule has 0 saturated carbocycles. The Morgan fingerprint density at radius 1 is 0.781 bits per heavy atom. The lowest BCUT2D eigenvalue weighted by molar-refractivity contribution is 0.271. The van der Waals surface area contributed by atoms with Gasteiger partial charge in [-0.2, -0.15) is 0 Å². The van der Waals surface area contributed by atoms with E-state index < -0.39 is 0 Å². The van der Waals surface area contributed by atoms with Gasteiger partial charge in [0, 0.05) is 0 Å². The largest absolute Gasteiger partial charge is 0.491 e. The van der Waals surface area contributed by atoms with Crippen LogP contribution < -0.4 is 9.47 Å². The minimum absolute atomic E-state index is 0.415. The van der Waals surface area contributed by atoms with Gasteiger partial charge in [0.2, 0.25) is 0 Å². The van der Waals surface area contributed by atoms with Gasteiger partial charge in [-0.15, -0.1) is 0 Å². The average Bonchev–Trinajstić information content (AvgIpc) is 3.15. The Hall–Kier alpha value is -3.27. The van der Waals surface area contributed by atoms with E-state index in [1.807, 2.05) is 42.5 Å². The molecule has 0 unspecified atom stereocenters. The maximum Gasteiger partial charge on any atom is 0.148 e. The average molecular weight is 429 g/mol. The number of para-hydroxylation sites is 3. The maximum absolute atomic E-state index is 6.18. The van der Waals surface area contributed by atoms with Crippen LogP contribution in [-0.2, 0) is 13.2 Å². The smallest absolute Gasteiger partial charge is 0.148 e. The topological polar surface area (TPSA) is 36.3 Å². The van der Waals surface area contributed by atoms with Crippen molar-refractivity contribution in [3.8, 4) is 11.5 Å². The molecule has 4 aromatic rings. The van der Waals surface area contributed by atoms with Crippen molar-refractivity contribution in [2.45, 2.75) is 52.7 Å². The molecule has 166 valence electrons. The number of benzene rings is 3. The van der Waals surface area contributed by atoms with Crippen molar-refractivity contribution in [1.82, 2.24) is 9.55 Å². The van der Waals surface area contributed by atoms with E-state index in [0.29, 0.717) is 31.6 Å². The lowest BCUT2D eigenvalue weighted by Gasteiger charge is -2.15. The Labute approximate surface area is 190 Å². The van der Waals surface area contributed by atoms with Gasteiger partial charge in [0.1, 0.15) is 30.5 Å². The second kappa shape index (κ2) is 9.90. The first-order chi connectivity index (χ1) is 15.5. The third kappa shape index (κ3) is 4.96. The second-order valence-corrected chi connectivity index (χ2v) is 8.72. The second-order valence-electron chi connectivity index (χ2n) is 8.72. The minimum atomic E-state index is 0.415. The van der Waals surface area contributed by atoms with Gasteiger partial charge in [-0.3, -0.25) is 0 Å². The fourth-order valence-corrected chi connectivity index (χ4v) is 3.92. The molecule has 3 aromatic carbocycles. The zero-order valence-corrected chi connectivity index (χ0v) is 19.4. The number of hydrogen-bond acceptors (Lipinski definition) is 3. The van der Waals surface area contributed by atoms with E-state index in [1.54, 1.807) is 0 Å². The molecule has 0 spiro atoms. The van der Waals surface area contributed by atoms with E-state index in [2.05, 4.69) is 62.6 Å².